The van der Waals surface area contributed by atoms with Gasteiger partial charge in [0.05, 0.1) is 0 Å². The van der Waals surface area contributed by atoms with Crippen LogP contribution in [0.5, 0.6) is 0 Å². The number of aromatic amines is 1. The Morgan fingerprint density at radius 1 is 1.58 bits per heavy atom. The summed E-state index contributed by atoms with van der Waals surface area (Å²) in [6, 6.07) is 0. The molecule has 0 amide bonds. The molecular formula is C6H7N3O3. The number of aldehydes is 1. The highest BCUT2D eigenvalue weighted by Gasteiger charge is 2.01. The van der Waals surface area contributed by atoms with Gasteiger partial charge >= 0.3 is 11.4 Å². The Labute approximate surface area is 66.9 Å². The van der Waals surface area contributed by atoms with E-state index >= 15 is 0 Å². The molecule has 0 saturated carbocycles. The Kier molecular flexibility index (Phi) is 2.18. The summed E-state index contributed by atoms with van der Waals surface area (Å²) in [5, 5.41) is 0. The Morgan fingerprint density at radius 2 is 2.25 bits per heavy atom. The van der Waals surface area contributed by atoms with Crippen molar-refractivity contribution in [3.8, 4) is 0 Å². The van der Waals surface area contributed by atoms with Gasteiger partial charge in [-0.3, -0.25) is 9.78 Å². The van der Waals surface area contributed by atoms with Crippen molar-refractivity contribution in [2.75, 3.05) is 0 Å². The van der Waals surface area contributed by atoms with E-state index in [0.29, 0.717) is 6.29 Å². The van der Waals surface area contributed by atoms with E-state index in [2.05, 4.69) is 9.97 Å². The van der Waals surface area contributed by atoms with Gasteiger partial charge < -0.3 is 0 Å². The second kappa shape index (κ2) is 3.12. The molecule has 6 heteroatoms. The lowest BCUT2D eigenvalue weighted by molar-refractivity contribution is 0.111. The van der Waals surface area contributed by atoms with Crippen LogP contribution in [0.4, 0.5) is 0 Å². The topological polar surface area (TPSA) is 84.8 Å². The van der Waals surface area contributed by atoms with Gasteiger partial charge in [0.2, 0.25) is 0 Å². The zero-order valence-corrected chi connectivity index (χ0v) is 6.40. The molecule has 1 N–H and O–H groups in total. The Bertz CT molecular complexity index is 372. The molecule has 64 valence electrons. The van der Waals surface area contributed by atoms with Crippen molar-refractivity contribution in [3.05, 3.63) is 26.8 Å². The van der Waals surface area contributed by atoms with Crippen LogP contribution in [0.1, 0.15) is 17.5 Å². The van der Waals surface area contributed by atoms with Crippen LogP contribution in [0, 0.1) is 0 Å². The van der Waals surface area contributed by atoms with Crippen LogP contribution < -0.4 is 11.4 Å². The lowest BCUT2D eigenvalue weighted by Crippen LogP contribution is -2.37. The molecule has 0 bridgehead atoms. The first-order valence-corrected chi connectivity index (χ1v) is 3.35. The second-order valence-electron chi connectivity index (χ2n) is 2.07. The van der Waals surface area contributed by atoms with Crippen LogP contribution in [0.15, 0.2) is 9.59 Å². The standard InChI is InChI=1S/C6H7N3O3/c1-2-9-5(11)7-4(3-10)8-6(9)12/h3H,2H2,1H3,(H,7,8,11,12). The predicted octanol–water partition coefficient (Wildman–Crippen LogP) is -1.24. The summed E-state index contributed by atoms with van der Waals surface area (Å²) in [6.45, 7) is 1.87. The number of hydrogen-bond donors (Lipinski definition) is 1. The minimum absolute atomic E-state index is 0.236. The molecule has 1 rings (SSSR count). The molecule has 0 saturated heterocycles. The highest BCUT2D eigenvalue weighted by Crippen LogP contribution is 1.71. The van der Waals surface area contributed by atoms with Gasteiger partial charge in [-0.1, -0.05) is 0 Å². The number of nitrogens with zero attached hydrogens (tertiary/aromatic N) is 2. The number of carbonyl (C=O) groups is 1. The normalized spacial score (nSPS) is 9.75. The van der Waals surface area contributed by atoms with Crippen molar-refractivity contribution >= 4 is 6.29 Å². The summed E-state index contributed by atoms with van der Waals surface area (Å²) >= 11 is 0. The van der Waals surface area contributed by atoms with Gasteiger partial charge in [0, 0.05) is 6.54 Å². The van der Waals surface area contributed by atoms with E-state index in [4.69, 9.17) is 0 Å². The number of aromatic nitrogens is 3. The Morgan fingerprint density at radius 3 is 2.67 bits per heavy atom. The minimum atomic E-state index is -0.705. The van der Waals surface area contributed by atoms with E-state index in [1.807, 2.05) is 0 Å². The molecule has 0 atom stereocenters. The van der Waals surface area contributed by atoms with Crippen LogP contribution in [0.25, 0.3) is 0 Å². The molecule has 0 fully saturated rings. The molecule has 1 heterocycles. The first-order chi connectivity index (χ1) is 5.69. The zero-order valence-electron chi connectivity index (χ0n) is 6.40. The molecule has 6 nitrogen and oxygen atoms in total. The fourth-order valence-corrected chi connectivity index (χ4v) is 0.790. The van der Waals surface area contributed by atoms with Crippen LogP contribution >= 0.6 is 0 Å². The molecule has 1 aromatic rings. The third kappa shape index (κ3) is 1.31. The second-order valence-corrected chi connectivity index (χ2v) is 2.07. The molecule has 0 spiro atoms. The molecule has 0 aromatic carbocycles. The summed E-state index contributed by atoms with van der Waals surface area (Å²) in [5.41, 5.74) is -1.32. The number of carbonyl (C=O) groups excluding carboxylic acids is 1. The lowest BCUT2D eigenvalue weighted by Gasteiger charge is -1.96. The predicted molar refractivity (Wildman–Crippen MR) is 40.2 cm³/mol. The van der Waals surface area contributed by atoms with E-state index < -0.39 is 11.4 Å². The molecular weight excluding hydrogens is 162 g/mol. The van der Waals surface area contributed by atoms with Gasteiger partial charge in [-0.05, 0) is 6.92 Å². The SMILES string of the molecule is CCn1c(=O)nc(C=O)[nH]c1=O. The maximum atomic E-state index is 11.0. The van der Waals surface area contributed by atoms with Gasteiger partial charge in [-0.25, -0.2) is 14.2 Å². The van der Waals surface area contributed by atoms with Crippen LogP contribution in [0.2, 0.25) is 0 Å². The monoisotopic (exact) mass is 169 g/mol. The molecule has 12 heavy (non-hydrogen) atoms. The number of rotatable bonds is 2. The fraction of sp³-hybridized carbons (Fsp3) is 0.333. The summed E-state index contributed by atoms with van der Waals surface area (Å²) in [7, 11) is 0. The molecule has 0 aliphatic rings. The first-order valence-electron chi connectivity index (χ1n) is 3.35. The van der Waals surface area contributed by atoms with E-state index in [-0.39, 0.29) is 12.4 Å². The molecule has 0 aliphatic carbocycles. The summed E-state index contributed by atoms with van der Waals surface area (Å²) < 4.78 is 0.896. The maximum absolute atomic E-state index is 11.0. The third-order valence-corrected chi connectivity index (χ3v) is 1.36. The van der Waals surface area contributed by atoms with Crippen molar-refractivity contribution in [2.24, 2.45) is 0 Å². The van der Waals surface area contributed by atoms with Gasteiger partial charge in [-0.2, -0.15) is 4.98 Å². The van der Waals surface area contributed by atoms with E-state index in [1.165, 1.54) is 0 Å². The largest absolute Gasteiger partial charge is 0.353 e. The van der Waals surface area contributed by atoms with E-state index in [0.717, 1.165) is 4.57 Å². The number of nitrogens with one attached hydrogen (secondary N) is 1. The first kappa shape index (κ1) is 8.38. The van der Waals surface area contributed by atoms with Crippen molar-refractivity contribution < 1.29 is 4.79 Å². The van der Waals surface area contributed by atoms with Crippen molar-refractivity contribution in [1.29, 1.82) is 0 Å². The average molecular weight is 169 g/mol. The van der Waals surface area contributed by atoms with Gasteiger partial charge in [0.1, 0.15) is 0 Å². The maximum Gasteiger partial charge on any atom is 0.353 e. The van der Waals surface area contributed by atoms with E-state index in [9.17, 15) is 14.4 Å². The highest BCUT2D eigenvalue weighted by molar-refractivity contribution is 5.68. The van der Waals surface area contributed by atoms with Crippen LogP contribution in [0.3, 0.4) is 0 Å². The fourth-order valence-electron chi connectivity index (χ4n) is 0.790. The lowest BCUT2D eigenvalue weighted by atomic mass is 10.6. The van der Waals surface area contributed by atoms with Crippen molar-refractivity contribution in [1.82, 2.24) is 14.5 Å². The number of hydrogen-bond acceptors (Lipinski definition) is 4. The Balaban J connectivity index is 3.49. The summed E-state index contributed by atoms with van der Waals surface area (Å²) in [4.78, 5) is 37.5. The minimum Gasteiger partial charge on any atom is -0.294 e. The van der Waals surface area contributed by atoms with Crippen LogP contribution in [-0.2, 0) is 6.54 Å². The number of H-pyrrole nitrogens is 1. The molecule has 0 aliphatic heterocycles. The van der Waals surface area contributed by atoms with Crippen LogP contribution in [-0.4, -0.2) is 20.8 Å². The highest BCUT2D eigenvalue weighted by atomic mass is 16.2. The average Bonchev–Trinajstić information content (AvgIpc) is 2.03. The third-order valence-electron chi connectivity index (χ3n) is 1.36. The summed E-state index contributed by atoms with van der Waals surface area (Å²) in [6.07, 6.45) is 0.322. The molecule has 1 aromatic heterocycles. The smallest absolute Gasteiger partial charge is 0.294 e. The quantitative estimate of drug-likeness (QED) is 0.561. The van der Waals surface area contributed by atoms with Gasteiger partial charge in [-0.15, -0.1) is 0 Å². The van der Waals surface area contributed by atoms with E-state index in [1.54, 1.807) is 6.92 Å². The van der Waals surface area contributed by atoms with Gasteiger partial charge in [0.15, 0.2) is 12.1 Å². The summed E-state index contributed by atoms with van der Waals surface area (Å²) in [5.74, 6) is -0.241. The molecule has 0 unspecified atom stereocenters. The van der Waals surface area contributed by atoms with Crippen molar-refractivity contribution in [3.63, 3.8) is 0 Å². The zero-order chi connectivity index (χ0) is 9.14. The van der Waals surface area contributed by atoms with Crippen molar-refractivity contribution in [2.45, 2.75) is 13.5 Å². The van der Waals surface area contributed by atoms with Gasteiger partial charge in [0.25, 0.3) is 0 Å². The Hall–Kier alpha value is -1.72. The molecule has 0 radical (unpaired) electrons.